The molecular formula is C13H19NO3. The van der Waals surface area contributed by atoms with Gasteiger partial charge in [0.05, 0.1) is 13.2 Å². The van der Waals surface area contributed by atoms with Gasteiger partial charge in [0.2, 0.25) is 0 Å². The van der Waals surface area contributed by atoms with Crippen LogP contribution in [0, 0.1) is 0 Å². The van der Waals surface area contributed by atoms with Crippen molar-refractivity contribution in [2.24, 2.45) is 0 Å². The topological polar surface area (TPSA) is 38.8 Å². The van der Waals surface area contributed by atoms with Crippen molar-refractivity contribution < 1.29 is 14.3 Å². The lowest BCUT2D eigenvalue weighted by Crippen LogP contribution is -2.35. The number of carbonyl (C=O) groups is 1. The maximum absolute atomic E-state index is 11.0. The number of nitrogens with zero attached hydrogens (tertiary/aromatic N) is 1. The number of anilines is 1. The fourth-order valence-electron chi connectivity index (χ4n) is 1.64. The van der Waals surface area contributed by atoms with E-state index in [1.54, 1.807) is 7.11 Å². The van der Waals surface area contributed by atoms with Crippen molar-refractivity contribution in [2.75, 3.05) is 32.2 Å². The van der Waals surface area contributed by atoms with Crippen LogP contribution in [0.4, 0.5) is 5.69 Å². The molecule has 0 aliphatic carbocycles. The Hall–Kier alpha value is -1.55. The molecule has 0 aromatic heterocycles. The van der Waals surface area contributed by atoms with Crippen LogP contribution in [0.5, 0.6) is 0 Å². The molecule has 0 saturated carbocycles. The van der Waals surface area contributed by atoms with Crippen LogP contribution in [0.25, 0.3) is 0 Å². The molecule has 0 saturated heterocycles. The van der Waals surface area contributed by atoms with E-state index in [0.717, 1.165) is 5.69 Å². The summed E-state index contributed by atoms with van der Waals surface area (Å²) in [5.41, 5.74) is 1.08. The Labute approximate surface area is 102 Å². The second kappa shape index (κ2) is 6.91. The summed E-state index contributed by atoms with van der Waals surface area (Å²) < 4.78 is 10.2. The maximum Gasteiger partial charge on any atom is 0.303 e. The molecule has 1 atom stereocenters. The number of carbonyl (C=O) groups excluding carboxylic acids is 1. The lowest BCUT2D eigenvalue weighted by atomic mass is 10.2. The van der Waals surface area contributed by atoms with Gasteiger partial charge in [-0.25, -0.2) is 0 Å². The minimum atomic E-state index is -0.284. The number of rotatable bonds is 6. The highest BCUT2D eigenvalue weighted by atomic mass is 16.6. The molecule has 0 radical (unpaired) electrons. The average molecular weight is 237 g/mol. The van der Waals surface area contributed by atoms with E-state index in [9.17, 15) is 4.79 Å². The van der Waals surface area contributed by atoms with Crippen LogP contribution in [0.1, 0.15) is 6.92 Å². The largest absolute Gasteiger partial charge is 0.458 e. The van der Waals surface area contributed by atoms with E-state index in [0.29, 0.717) is 13.2 Å². The van der Waals surface area contributed by atoms with Gasteiger partial charge in [-0.15, -0.1) is 0 Å². The van der Waals surface area contributed by atoms with Gasteiger partial charge >= 0.3 is 5.97 Å². The Bertz CT molecular complexity index is 340. The Morgan fingerprint density at radius 3 is 2.53 bits per heavy atom. The summed E-state index contributed by atoms with van der Waals surface area (Å²) in [4.78, 5) is 13.0. The molecule has 0 amide bonds. The highest BCUT2D eigenvalue weighted by Crippen LogP contribution is 2.12. The predicted molar refractivity (Wildman–Crippen MR) is 67.1 cm³/mol. The maximum atomic E-state index is 11.0. The molecule has 1 unspecified atom stereocenters. The number of ether oxygens (including phenoxy) is 2. The Kier molecular flexibility index (Phi) is 5.49. The molecule has 1 rings (SSSR count). The van der Waals surface area contributed by atoms with E-state index >= 15 is 0 Å². The normalized spacial score (nSPS) is 11.9. The quantitative estimate of drug-likeness (QED) is 0.706. The van der Waals surface area contributed by atoms with Crippen molar-refractivity contribution in [3.8, 4) is 0 Å². The smallest absolute Gasteiger partial charge is 0.303 e. The number of para-hydroxylation sites is 1. The minimum absolute atomic E-state index is 0.247. The van der Waals surface area contributed by atoms with Crippen LogP contribution < -0.4 is 4.90 Å². The van der Waals surface area contributed by atoms with E-state index in [2.05, 4.69) is 0 Å². The van der Waals surface area contributed by atoms with Gasteiger partial charge in [0, 0.05) is 26.8 Å². The zero-order valence-electron chi connectivity index (χ0n) is 10.6. The van der Waals surface area contributed by atoms with E-state index in [-0.39, 0.29) is 12.1 Å². The van der Waals surface area contributed by atoms with E-state index < -0.39 is 0 Å². The molecule has 94 valence electrons. The minimum Gasteiger partial charge on any atom is -0.458 e. The molecule has 4 heteroatoms. The van der Waals surface area contributed by atoms with Crippen molar-refractivity contribution in [2.45, 2.75) is 13.0 Å². The number of esters is 1. The first-order valence-electron chi connectivity index (χ1n) is 5.56. The molecule has 0 aliphatic heterocycles. The van der Waals surface area contributed by atoms with E-state index in [1.165, 1.54) is 6.92 Å². The summed E-state index contributed by atoms with van der Waals surface area (Å²) in [6.07, 6.45) is -0.247. The fourth-order valence-corrected chi connectivity index (χ4v) is 1.64. The Morgan fingerprint density at radius 2 is 2.00 bits per heavy atom. The molecule has 4 nitrogen and oxygen atoms in total. The summed E-state index contributed by atoms with van der Waals surface area (Å²) >= 11 is 0. The van der Waals surface area contributed by atoms with E-state index in [1.807, 2.05) is 42.3 Å². The first kappa shape index (κ1) is 13.5. The fraction of sp³-hybridized carbons (Fsp3) is 0.462. The summed E-state index contributed by atoms with van der Waals surface area (Å²) in [6, 6.07) is 9.94. The van der Waals surface area contributed by atoms with Gasteiger partial charge in [0.1, 0.15) is 6.10 Å². The average Bonchev–Trinajstić information content (AvgIpc) is 2.29. The molecule has 0 fully saturated rings. The summed E-state index contributed by atoms with van der Waals surface area (Å²) in [5.74, 6) is -0.284. The molecule has 0 aliphatic rings. The highest BCUT2D eigenvalue weighted by Gasteiger charge is 2.14. The first-order chi connectivity index (χ1) is 8.13. The number of hydrogen-bond acceptors (Lipinski definition) is 4. The van der Waals surface area contributed by atoms with Crippen molar-refractivity contribution in [1.82, 2.24) is 0 Å². The van der Waals surface area contributed by atoms with Gasteiger partial charge in [0.15, 0.2) is 0 Å². The standard InChI is InChI=1S/C13H19NO3/c1-11(15)17-13(10-16-3)9-14(2)12-7-5-4-6-8-12/h4-8,13H,9-10H2,1-3H3. The Morgan fingerprint density at radius 1 is 1.35 bits per heavy atom. The molecule has 0 N–H and O–H groups in total. The van der Waals surface area contributed by atoms with E-state index in [4.69, 9.17) is 9.47 Å². The van der Waals surface area contributed by atoms with Crippen LogP contribution in [0.15, 0.2) is 30.3 Å². The van der Waals surface area contributed by atoms with Crippen molar-refractivity contribution >= 4 is 11.7 Å². The second-order valence-corrected chi connectivity index (χ2v) is 3.90. The summed E-state index contributed by atoms with van der Waals surface area (Å²) in [5, 5.41) is 0. The predicted octanol–water partition coefficient (Wildman–Crippen LogP) is 1.70. The number of methoxy groups -OCH3 is 1. The summed E-state index contributed by atoms with van der Waals surface area (Å²) in [6.45, 7) is 2.42. The molecule has 0 spiro atoms. The molecule has 0 heterocycles. The van der Waals surface area contributed by atoms with Crippen molar-refractivity contribution in [3.05, 3.63) is 30.3 Å². The molecule has 0 bridgehead atoms. The molecule has 17 heavy (non-hydrogen) atoms. The third kappa shape index (κ3) is 4.87. The van der Waals surface area contributed by atoms with Gasteiger partial charge in [-0.05, 0) is 12.1 Å². The van der Waals surface area contributed by atoms with Crippen LogP contribution in [-0.2, 0) is 14.3 Å². The molecule has 1 aromatic carbocycles. The zero-order chi connectivity index (χ0) is 12.7. The lowest BCUT2D eigenvalue weighted by molar-refractivity contribution is -0.148. The van der Waals surface area contributed by atoms with Crippen molar-refractivity contribution in [1.29, 1.82) is 0 Å². The third-order valence-corrected chi connectivity index (χ3v) is 2.36. The van der Waals surface area contributed by atoms with Crippen LogP contribution in [0.2, 0.25) is 0 Å². The van der Waals surface area contributed by atoms with Gasteiger partial charge in [-0.3, -0.25) is 4.79 Å². The SMILES string of the molecule is COCC(CN(C)c1ccccc1)OC(C)=O. The second-order valence-electron chi connectivity index (χ2n) is 3.90. The van der Waals surface area contributed by atoms with Gasteiger partial charge < -0.3 is 14.4 Å². The molecular weight excluding hydrogens is 218 g/mol. The van der Waals surface area contributed by atoms with Gasteiger partial charge in [0.25, 0.3) is 0 Å². The number of hydrogen-bond donors (Lipinski definition) is 0. The third-order valence-electron chi connectivity index (χ3n) is 2.36. The zero-order valence-corrected chi connectivity index (χ0v) is 10.6. The summed E-state index contributed by atoms with van der Waals surface area (Å²) in [7, 11) is 3.56. The highest BCUT2D eigenvalue weighted by molar-refractivity contribution is 5.66. The lowest BCUT2D eigenvalue weighted by Gasteiger charge is -2.25. The van der Waals surface area contributed by atoms with Crippen molar-refractivity contribution in [3.63, 3.8) is 0 Å². The van der Waals surface area contributed by atoms with Crippen LogP contribution in [-0.4, -0.2) is 39.4 Å². The first-order valence-corrected chi connectivity index (χ1v) is 5.56. The van der Waals surface area contributed by atoms with Gasteiger partial charge in [-0.2, -0.15) is 0 Å². The van der Waals surface area contributed by atoms with Crippen LogP contribution >= 0.6 is 0 Å². The Balaban J connectivity index is 2.57. The molecule has 1 aromatic rings. The number of benzene rings is 1. The van der Waals surface area contributed by atoms with Crippen LogP contribution in [0.3, 0.4) is 0 Å². The monoisotopic (exact) mass is 237 g/mol. The number of likely N-dealkylation sites (N-methyl/N-ethyl adjacent to an activating group) is 1. The van der Waals surface area contributed by atoms with Gasteiger partial charge in [-0.1, -0.05) is 18.2 Å².